The molecule has 0 radical (unpaired) electrons. The Morgan fingerprint density at radius 1 is 1.04 bits per heavy atom. The van der Waals surface area contributed by atoms with Crippen molar-refractivity contribution in [3.8, 4) is 0 Å². The topological polar surface area (TPSA) is 95.9 Å². The Kier molecular flexibility index (Phi) is 8.10. The number of benzene rings is 2. The lowest BCUT2D eigenvalue weighted by molar-refractivity contribution is -0.136. The number of carbonyl (C=O) groups excluding carboxylic acids is 1. The zero-order chi connectivity index (χ0) is 19.7. The molecule has 2 rings (SSSR count). The number of amides is 1. The van der Waals surface area contributed by atoms with E-state index in [1.807, 2.05) is 60.7 Å². The van der Waals surface area contributed by atoms with E-state index in [1.54, 1.807) is 0 Å². The summed E-state index contributed by atoms with van der Waals surface area (Å²) in [5.41, 5.74) is 1.71. The molecule has 0 heterocycles. The molecule has 0 bridgehead atoms. The summed E-state index contributed by atoms with van der Waals surface area (Å²) in [6, 6.07) is 18.5. The highest BCUT2D eigenvalue weighted by molar-refractivity contribution is 8.40. The minimum atomic E-state index is -3.13. The molecule has 0 saturated heterocycles. The standard InChI is InChI=1S/C19H22NO5PS/c21-18(22)11-12-26(24,27)17(13-15-7-3-1-4-8-15)20-19(23)25-14-16-9-5-2-6-10-16/h1-10,17H,11-14H2,(H,20,23)(H,21,22)(H,24,27). The summed E-state index contributed by atoms with van der Waals surface area (Å²) in [5.74, 6) is -1.80. The highest BCUT2D eigenvalue weighted by atomic mass is 32.7. The quantitative estimate of drug-likeness (QED) is 0.436. The van der Waals surface area contributed by atoms with Crippen molar-refractivity contribution in [1.82, 2.24) is 5.32 Å². The summed E-state index contributed by atoms with van der Waals surface area (Å²) in [7, 11) is 0. The molecule has 0 aliphatic rings. The maximum absolute atomic E-state index is 12.2. The van der Waals surface area contributed by atoms with Crippen LogP contribution in [0.15, 0.2) is 60.7 Å². The van der Waals surface area contributed by atoms with Gasteiger partial charge in [-0.25, -0.2) is 4.79 Å². The van der Waals surface area contributed by atoms with Gasteiger partial charge in [0.2, 0.25) is 0 Å². The van der Waals surface area contributed by atoms with E-state index in [0.717, 1.165) is 11.1 Å². The van der Waals surface area contributed by atoms with Crippen LogP contribution < -0.4 is 5.32 Å². The molecule has 0 saturated carbocycles. The molecular weight excluding hydrogens is 385 g/mol. The lowest BCUT2D eigenvalue weighted by Crippen LogP contribution is -2.39. The number of carboxylic acid groups (broad SMARTS) is 1. The third-order valence-corrected chi connectivity index (χ3v) is 7.36. The molecular formula is C19H22NO5PS. The van der Waals surface area contributed by atoms with E-state index in [-0.39, 0.29) is 19.2 Å². The van der Waals surface area contributed by atoms with E-state index in [4.69, 9.17) is 22.1 Å². The van der Waals surface area contributed by atoms with Gasteiger partial charge >= 0.3 is 12.1 Å². The lowest BCUT2D eigenvalue weighted by Gasteiger charge is -2.33. The Morgan fingerprint density at radius 2 is 1.59 bits per heavy atom. The Bertz CT molecular complexity index is 742. The molecule has 2 aromatic rings. The van der Waals surface area contributed by atoms with Crippen molar-refractivity contribution < 1.29 is 24.3 Å². The van der Waals surface area contributed by atoms with Gasteiger partial charge in [0.05, 0.1) is 12.6 Å². The zero-order valence-corrected chi connectivity index (χ0v) is 16.4. The maximum atomic E-state index is 12.2. The molecule has 0 aliphatic carbocycles. The Balaban J connectivity index is 2.03. The number of carboxylic acids is 1. The van der Waals surface area contributed by atoms with Crippen molar-refractivity contribution >= 4 is 31.0 Å². The summed E-state index contributed by atoms with van der Waals surface area (Å²) >= 11 is 5.31. The molecule has 27 heavy (non-hydrogen) atoms. The molecule has 1 amide bonds. The average Bonchev–Trinajstić information content (AvgIpc) is 2.66. The summed E-state index contributed by atoms with van der Waals surface area (Å²) in [4.78, 5) is 33.8. The molecule has 2 aromatic carbocycles. The fourth-order valence-corrected chi connectivity index (χ4v) is 4.73. The normalized spacial score (nSPS) is 14.0. The zero-order valence-electron chi connectivity index (χ0n) is 14.7. The molecule has 8 heteroatoms. The highest BCUT2D eigenvalue weighted by Crippen LogP contribution is 2.57. The van der Waals surface area contributed by atoms with Gasteiger partial charge in [-0.2, -0.15) is 0 Å². The second-order valence-corrected chi connectivity index (χ2v) is 10.5. The van der Waals surface area contributed by atoms with Crippen molar-refractivity contribution in [1.29, 1.82) is 0 Å². The predicted octanol–water partition coefficient (Wildman–Crippen LogP) is 3.34. The van der Waals surface area contributed by atoms with Gasteiger partial charge in [-0.1, -0.05) is 60.7 Å². The fourth-order valence-electron chi connectivity index (χ4n) is 2.44. The fraction of sp³-hybridized carbons (Fsp3) is 0.263. The first-order valence-corrected chi connectivity index (χ1v) is 11.4. The van der Waals surface area contributed by atoms with E-state index in [0.29, 0.717) is 6.42 Å². The van der Waals surface area contributed by atoms with Gasteiger partial charge in [0.1, 0.15) is 6.61 Å². The first-order valence-electron chi connectivity index (χ1n) is 8.41. The molecule has 6 nitrogen and oxygen atoms in total. The third-order valence-electron chi connectivity index (χ3n) is 3.90. The summed E-state index contributed by atoms with van der Waals surface area (Å²) < 4.78 is 5.21. The number of hydrogen-bond donors (Lipinski definition) is 3. The van der Waals surface area contributed by atoms with Gasteiger partial charge in [-0.3, -0.25) is 15.0 Å². The number of aliphatic carboxylic acids is 1. The van der Waals surface area contributed by atoms with Crippen molar-refractivity contribution in [2.75, 3.05) is 6.16 Å². The monoisotopic (exact) mass is 407 g/mol. The van der Waals surface area contributed by atoms with Crippen molar-refractivity contribution in [2.45, 2.75) is 25.2 Å². The van der Waals surface area contributed by atoms with E-state index in [2.05, 4.69) is 5.32 Å². The molecule has 3 N–H and O–H groups in total. The SMILES string of the molecule is O=C(O)CC[P+](O)([S-])C(Cc1ccccc1)NC(=O)OCc1ccccc1. The number of nitrogens with one attached hydrogen (secondary N) is 1. The number of ether oxygens (including phenoxy) is 1. The molecule has 0 aliphatic heterocycles. The van der Waals surface area contributed by atoms with Crippen LogP contribution in [0.1, 0.15) is 17.5 Å². The largest absolute Gasteiger partial charge is 0.523 e. The van der Waals surface area contributed by atoms with Gasteiger partial charge < -0.3 is 22.1 Å². The Morgan fingerprint density at radius 3 is 2.15 bits per heavy atom. The van der Waals surface area contributed by atoms with Crippen molar-refractivity contribution in [3.05, 3.63) is 71.8 Å². The van der Waals surface area contributed by atoms with Crippen LogP contribution in [-0.2, 0) is 34.8 Å². The summed E-state index contributed by atoms with van der Waals surface area (Å²) in [5, 5.41) is 11.5. The smallest absolute Gasteiger partial charge is 0.410 e. The van der Waals surface area contributed by atoms with Gasteiger partial charge in [0, 0.05) is 13.1 Å². The molecule has 144 valence electrons. The molecule has 0 aromatic heterocycles. The summed E-state index contributed by atoms with van der Waals surface area (Å²) in [6.07, 6.45) is -0.707. The number of carbonyl (C=O) groups is 2. The molecule has 0 spiro atoms. The van der Waals surface area contributed by atoms with E-state index in [1.165, 1.54) is 0 Å². The van der Waals surface area contributed by atoms with Crippen LogP contribution in [-0.4, -0.2) is 34.0 Å². The minimum Gasteiger partial charge on any atom is -0.523 e. The molecule has 2 atom stereocenters. The van der Waals surface area contributed by atoms with Gasteiger partial charge in [0.15, 0.2) is 5.78 Å². The van der Waals surface area contributed by atoms with Crippen LogP contribution in [0.5, 0.6) is 0 Å². The van der Waals surface area contributed by atoms with Crippen molar-refractivity contribution in [3.63, 3.8) is 0 Å². The van der Waals surface area contributed by atoms with Crippen LogP contribution in [0.3, 0.4) is 0 Å². The van der Waals surface area contributed by atoms with Crippen LogP contribution in [0, 0.1) is 0 Å². The maximum Gasteiger partial charge on any atom is 0.410 e. The second-order valence-electron chi connectivity index (χ2n) is 6.03. The van der Waals surface area contributed by atoms with Crippen molar-refractivity contribution in [2.24, 2.45) is 0 Å². The Hall–Kier alpha value is -2.08. The van der Waals surface area contributed by atoms with Crippen LogP contribution in [0.2, 0.25) is 0 Å². The van der Waals surface area contributed by atoms with Gasteiger partial charge in [-0.15, -0.1) is 0 Å². The first kappa shape index (κ1) is 21.2. The van der Waals surface area contributed by atoms with Crippen LogP contribution >= 0.6 is 6.69 Å². The first-order chi connectivity index (χ1) is 12.9. The van der Waals surface area contributed by atoms with Crippen LogP contribution in [0.25, 0.3) is 0 Å². The van der Waals surface area contributed by atoms with E-state index < -0.39 is 24.5 Å². The molecule has 0 fully saturated rings. The van der Waals surface area contributed by atoms with E-state index >= 15 is 0 Å². The predicted molar refractivity (Wildman–Crippen MR) is 107 cm³/mol. The minimum absolute atomic E-state index is 0.0614. The van der Waals surface area contributed by atoms with Gasteiger partial charge in [-0.05, 0) is 11.1 Å². The molecule has 2 unspecified atom stereocenters. The highest BCUT2D eigenvalue weighted by Gasteiger charge is 2.35. The summed E-state index contributed by atoms with van der Waals surface area (Å²) in [6.45, 7) is -3.04. The number of hydrogen-bond acceptors (Lipinski definition) is 5. The Labute approximate surface area is 164 Å². The van der Waals surface area contributed by atoms with Crippen LogP contribution in [0.4, 0.5) is 4.79 Å². The number of alkyl carbamates (subject to hydrolysis) is 1. The third kappa shape index (κ3) is 7.59. The lowest BCUT2D eigenvalue weighted by atomic mass is 10.1. The number of rotatable bonds is 9. The van der Waals surface area contributed by atoms with Gasteiger partial charge in [0.25, 0.3) is 0 Å². The van der Waals surface area contributed by atoms with E-state index in [9.17, 15) is 14.5 Å². The second kappa shape index (κ2) is 10.3. The average molecular weight is 407 g/mol.